The van der Waals surface area contributed by atoms with Gasteiger partial charge in [0.2, 0.25) is 5.16 Å². The second-order valence-corrected chi connectivity index (χ2v) is 6.35. The van der Waals surface area contributed by atoms with Crippen LogP contribution in [0, 0.1) is 0 Å². The molecule has 0 aliphatic rings. The first-order valence-electron chi connectivity index (χ1n) is 8.22. The second-order valence-electron chi connectivity index (χ2n) is 5.41. The number of ether oxygens (including phenoxy) is 2. The number of methoxy groups -OCH3 is 2. The summed E-state index contributed by atoms with van der Waals surface area (Å²) in [6.45, 7) is 0. The van der Waals surface area contributed by atoms with Gasteiger partial charge in [-0.05, 0) is 46.3 Å². The number of thioether (sulfide) groups is 1. The Morgan fingerprint density at radius 2 is 1.96 bits per heavy atom. The molecule has 1 heterocycles. The molecule has 3 rings (SSSR count). The number of hydrogen-bond acceptors (Lipinski definition) is 8. The molecule has 1 amide bonds. The monoisotopic (exact) mass is 398 g/mol. The van der Waals surface area contributed by atoms with Crippen LogP contribution in [0.25, 0.3) is 5.69 Å². The fourth-order valence-electron chi connectivity index (χ4n) is 2.27. The first kappa shape index (κ1) is 19.4. The van der Waals surface area contributed by atoms with Crippen LogP contribution in [0.3, 0.4) is 0 Å². The highest BCUT2D eigenvalue weighted by Crippen LogP contribution is 2.26. The Morgan fingerprint density at radius 1 is 1.18 bits per heavy atom. The largest absolute Gasteiger partial charge is 0.493 e. The summed E-state index contributed by atoms with van der Waals surface area (Å²) in [4.78, 5) is 12.0. The molecule has 28 heavy (non-hydrogen) atoms. The highest BCUT2D eigenvalue weighted by Gasteiger charge is 2.11. The number of aromatic nitrogens is 4. The van der Waals surface area contributed by atoms with Crippen LogP contribution in [-0.2, 0) is 4.79 Å². The van der Waals surface area contributed by atoms with Gasteiger partial charge in [0.15, 0.2) is 11.5 Å². The molecule has 0 saturated carbocycles. The van der Waals surface area contributed by atoms with Crippen molar-refractivity contribution < 1.29 is 14.3 Å². The lowest BCUT2D eigenvalue weighted by Crippen LogP contribution is -2.20. The number of carbonyl (C=O) groups is 1. The van der Waals surface area contributed by atoms with E-state index in [9.17, 15) is 4.79 Å². The predicted molar refractivity (Wildman–Crippen MR) is 105 cm³/mol. The zero-order valence-corrected chi connectivity index (χ0v) is 16.1. The van der Waals surface area contributed by atoms with Crippen LogP contribution in [0.5, 0.6) is 11.5 Å². The maximum absolute atomic E-state index is 12.0. The Bertz CT molecular complexity index is 961. The Hall–Kier alpha value is -3.40. The van der Waals surface area contributed by atoms with Crippen molar-refractivity contribution >= 4 is 23.9 Å². The van der Waals surface area contributed by atoms with E-state index in [2.05, 4.69) is 26.1 Å². The van der Waals surface area contributed by atoms with E-state index in [0.717, 1.165) is 11.3 Å². The molecule has 0 aliphatic carbocycles. The van der Waals surface area contributed by atoms with Crippen molar-refractivity contribution in [3.63, 3.8) is 0 Å². The first-order chi connectivity index (χ1) is 13.7. The highest BCUT2D eigenvalue weighted by molar-refractivity contribution is 7.99. The minimum absolute atomic E-state index is 0.122. The predicted octanol–water partition coefficient (Wildman–Crippen LogP) is 1.92. The average molecular weight is 398 g/mol. The average Bonchev–Trinajstić information content (AvgIpc) is 3.21. The van der Waals surface area contributed by atoms with Crippen LogP contribution < -0.4 is 14.9 Å². The SMILES string of the molecule is COc1ccc(C=NNC(=O)CSc2nnnn2-c2ccccc2)cc1OC. The molecular formula is C18H18N6O3S. The van der Waals surface area contributed by atoms with E-state index in [1.807, 2.05) is 30.3 Å². The molecule has 0 saturated heterocycles. The second kappa shape index (κ2) is 9.51. The molecule has 0 atom stereocenters. The van der Waals surface area contributed by atoms with Gasteiger partial charge in [0.05, 0.1) is 31.9 Å². The summed E-state index contributed by atoms with van der Waals surface area (Å²) in [5.41, 5.74) is 4.06. The van der Waals surface area contributed by atoms with Gasteiger partial charge in [-0.1, -0.05) is 30.0 Å². The van der Waals surface area contributed by atoms with Crippen molar-refractivity contribution in [3.8, 4) is 17.2 Å². The van der Waals surface area contributed by atoms with E-state index < -0.39 is 0 Å². The zero-order valence-electron chi connectivity index (χ0n) is 15.3. The van der Waals surface area contributed by atoms with Crippen LogP contribution in [0.1, 0.15) is 5.56 Å². The summed E-state index contributed by atoms with van der Waals surface area (Å²) in [5, 5.41) is 16.0. The summed E-state index contributed by atoms with van der Waals surface area (Å²) >= 11 is 1.22. The number of carbonyl (C=O) groups excluding carboxylic acids is 1. The van der Waals surface area contributed by atoms with Gasteiger partial charge in [0, 0.05) is 0 Å². The topological polar surface area (TPSA) is 104 Å². The van der Waals surface area contributed by atoms with Gasteiger partial charge in [0.1, 0.15) is 0 Å². The molecule has 0 spiro atoms. The van der Waals surface area contributed by atoms with Crippen molar-refractivity contribution in [2.45, 2.75) is 5.16 Å². The van der Waals surface area contributed by atoms with E-state index in [0.29, 0.717) is 16.7 Å². The number of nitrogens with one attached hydrogen (secondary N) is 1. The molecule has 0 fully saturated rings. The fraction of sp³-hybridized carbons (Fsp3) is 0.167. The summed E-state index contributed by atoms with van der Waals surface area (Å²) < 4.78 is 12.0. The van der Waals surface area contributed by atoms with Crippen molar-refractivity contribution in [3.05, 3.63) is 54.1 Å². The third-order valence-electron chi connectivity index (χ3n) is 3.58. The maximum atomic E-state index is 12.0. The number of nitrogens with zero attached hydrogens (tertiary/aromatic N) is 5. The third kappa shape index (κ3) is 4.86. The lowest BCUT2D eigenvalue weighted by Gasteiger charge is -2.07. The summed E-state index contributed by atoms with van der Waals surface area (Å²) in [7, 11) is 3.12. The van der Waals surface area contributed by atoms with Crippen molar-refractivity contribution in [2.75, 3.05) is 20.0 Å². The zero-order chi connectivity index (χ0) is 19.8. The Labute approximate surface area is 165 Å². The van der Waals surface area contributed by atoms with Gasteiger partial charge in [-0.2, -0.15) is 9.78 Å². The summed E-state index contributed by atoms with van der Waals surface area (Å²) in [6.07, 6.45) is 1.53. The molecule has 9 nitrogen and oxygen atoms in total. The van der Waals surface area contributed by atoms with E-state index in [-0.39, 0.29) is 11.7 Å². The van der Waals surface area contributed by atoms with Crippen LogP contribution in [0.15, 0.2) is 58.8 Å². The maximum Gasteiger partial charge on any atom is 0.250 e. The summed E-state index contributed by atoms with van der Waals surface area (Å²) in [5.74, 6) is 1.05. The lowest BCUT2D eigenvalue weighted by molar-refractivity contribution is -0.118. The molecule has 0 bridgehead atoms. The third-order valence-corrected chi connectivity index (χ3v) is 4.50. The Balaban J connectivity index is 1.55. The van der Waals surface area contributed by atoms with Crippen molar-refractivity contribution in [1.29, 1.82) is 0 Å². The van der Waals surface area contributed by atoms with Crippen LogP contribution >= 0.6 is 11.8 Å². The first-order valence-corrected chi connectivity index (χ1v) is 9.20. The van der Waals surface area contributed by atoms with Crippen LogP contribution in [0.2, 0.25) is 0 Å². The number of benzene rings is 2. The number of rotatable bonds is 8. The Morgan fingerprint density at radius 3 is 2.71 bits per heavy atom. The van der Waals surface area contributed by atoms with Gasteiger partial charge in [-0.15, -0.1) is 5.10 Å². The Kier molecular flexibility index (Phi) is 6.58. The quantitative estimate of drug-likeness (QED) is 0.351. The molecule has 144 valence electrons. The molecule has 0 radical (unpaired) electrons. The minimum atomic E-state index is -0.274. The summed E-state index contributed by atoms with van der Waals surface area (Å²) in [6, 6.07) is 14.8. The standard InChI is InChI=1S/C18H18N6O3S/c1-26-15-9-8-13(10-16(15)27-2)11-19-20-17(25)12-28-18-21-22-23-24(18)14-6-4-3-5-7-14/h3-11H,12H2,1-2H3,(H,20,25). The molecule has 1 aromatic heterocycles. The van der Waals surface area contributed by atoms with Gasteiger partial charge >= 0.3 is 0 Å². The van der Waals surface area contributed by atoms with Crippen LogP contribution in [-0.4, -0.2) is 52.3 Å². The van der Waals surface area contributed by atoms with E-state index in [4.69, 9.17) is 9.47 Å². The molecule has 2 aromatic carbocycles. The molecule has 1 N–H and O–H groups in total. The molecule has 0 aliphatic heterocycles. The number of hydrazone groups is 1. The van der Waals surface area contributed by atoms with Crippen LogP contribution in [0.4, 0.5) is 0 Å². The molecule has 3 aromatic rings. The highest BCUT2D eigenvalue weighted by atomic mass is 32.2. The number of amides is 1. The molecule has 0 unspecified atom stereocenters. The number of para-hydroxylation sites is 1. The number of tetrazole rings is 1. The molecular weight excluding hydrogens is 380 g/mol. The van der Waals surface area contributed by atoms with Gasteiger partial charge < -0.3 is 9.47 Å². The molecule has 10 heteroatoms. The van der Waals surface area contributed by atoms with Gasteiger partial charge in [-0.3, -0.25) is 4.79 Å². The van der Waals surface area contributed by atoms with E-state index in [1.165, 1.54) is 18.0 Å². The smallest absolute Gasteiger partial charge is 0.250 e. The lowest BCUT2D eigenvalue weighted by atomic mass is 10.2. The van der Waals surface area contributed by atoms with Gasteiger partial charge in [0.25, 0.3) is 5.91 Å². The number of hydrogen-bond donors (Lipinski definition) is 1. The van der Waals surface area contributed by atoms with E-state index >= 15 is 0 Å². The van der Waals surface area contributed by atoms with Gasteiger partial charge in [-0.25, -0.2) is 5.43 Å². The fourth-order valence-corrected chi connectivity index (χ4v) is 2.96. The normalized spacial score (nSPS) is 10.8. The minimum Gasteiger partial charge on any atom is -0.493 e. The van der Waals surface area contributed by atoms with E-state index in [1.54, 1.807) is 37.1 Å². The van der Waals surface area contributed by atoms with Crippen molar-refractivity contribution in [1.82, 2.24) is 25.6 Å². The van der Waals surface area contributed by atoms with Crippen molar-refractivity contribution in [2.24, 2.45) is 5.10 Å².